The summed E-state index contributed by atoms with van der Waals surface area (Å²) in [5.74, 6) is 2.28. The minimum absolute atomic E-state index is 0.255. The van der Waals surface area contributed by atoms with Crippen LogP contribution in [0.1, 0.15) is 31.4 Å². The summed E-state index contributed by atoms with van der Waals surface area (Å²) in [4.78, 5) is 8.99. The van der Waals surface area contributed by atoms with Crippen molar-refractivity contribution in [2.45, 2.75) is 25.7 Å². The Morgan fingerprint density at radius 1 is 1.20 bits per heavy atom. The van der Waals surface area contributed by atoms with Crippen molar-refractivity contribution in [3.05, 3.63) is 36.0 Å². The molecule has 0 bridgehead atoms. The number of aromatic hydroxyl groups is 1. The van der Waals surface area contributed by atoms with Crippen molar-refractivity contribution in [1.82, 2.24) is 9.97 Å². The van der Waals surface area contributed by atoms with Gasteiger partial charge < -0.3 is 15.7 Å². The molecule has 0 aliphatic heterocycles. The molecule has 0 spiro atoms. The van der Waals surface area contributed by atoms with Crippen LogP contribution in [0.4, 0.5) is 17.5 Å². The molecule has 5 heteroatoms. The third-order valence-corrected chi connectivity index (χ3v) is 3.22. The number of aromatic nitrogens is 2. The van der Waals surface area contributed by atoms with Gasteiger partial charge in [-0.1, -0.05) is 0 Å². The first-order valence-corrected chi connectivity index (χ1v) is 6.93. The van der Waals surface area contributed by atoms with Gasteiger partial charge in [-0.3, -0.25) is 0 Å². The second kappa shape index (κ2) is 5.36. The average Bonchev–Trinajstić information content (AvgIpc) is 3.26. The summed E-state index contributed by atoms with van der Waals surface area (Å²) < 4.78 is 0. The normalized spacial score (nSPS) is 14.1. The average molecular weight is 270 g/mol. The van der Waals surface area contributed by atoms with E-state index in [2.05, 4.69) is 20.6 Å². The van der Waals surface area contributed by atoms with Crippen LogP contribution >= 0.6 is 0 Å². The summed E-state index contributed by atoms with van der Waals surface area (Å²) in [5.41, 5.74) is 1.99. The lowest BCUT2D eigenvalue weighted by Gasteiger charge is -2.10. The van der Waals surface area contributed by atoms with E-state index in [9.17, 15) is 5.11 Å². The molecule has 0 unspecified atom stereocenters. The molecule has 0 atom stereocenters. The maximum Gasteiger partial charge on any atom is 0.224 e. The number of nitrogens with one attached hydrogen (secondary N) is 2. The molecule has 0 amide bonds. The fraction of sp³-hybridized carbons (Fsp3) is 0.333. The van der Waals surface area contributed by atoms with Gasteiger partial charge in [0, 0.05) is 24.2 Å². The second-order valence-electron chi connectivity index (χ2n) is 4.98. The van der Waals surface area contributed by atoms with E-state index in [1.54, 1.807) is 12.1 Å². The van der Waals surface area contributed by atoms with Crippen LogP contribution < -0.4 is 10.6 Å². The van der Waals surface area contributed by atoms with Crippen molar-refractivity contribution in [3.8, 4) is 5.75 Å². The molecule has 1 fully saturated rings. The van der Waals surface area contributed by atoms with E-state index in [0.29, 0.717) is 11.9 Å². The first kappa shape index (κ1) is 12.7. The Labute approximate surface area is 118 Å². The Morgan fingerprint density at radius 2 is 1.95 bits per heavy atom. The SMILES string of the molecule is CCNc1nc(Nc2ccc(O)cc2)cc(C2CC2)n1. The van der Waals surface area contributed by atoms with Gasteiger partial charge in [-0.15, -0.1) is 0 Å². The number of nitrogens with zero attached hydrogens (tertiary/aromatic N) is 2. The first-order chi connectivity index (χ1) is 9.74. The molecule has 1 heterocycles. The topological polar surface area (TPSA) is 70.1 Å². The molecular formula is C15H18N4O. The highest BCUT2D eigenvalue weighted by molar-refractivity contribution is 5.58. The molecule has 5 nitrogen and oxygen atoms in total. The lowest BCUT2D eigenvalue weighted by molar-refractivity contribution is 0.475. The van der Waals surface area contributed by atoms with Crippen LogP contribution in [-0.4, -0.2) is 21.6 Å². The Hall–Kier alpha value is -2.30. The Kier molecular flexibility index (Phi) is 3.41. The Balaban J connectivity index is 1.85. The van der Waals surface area contributed by atoms with Crippen LogP contribution in [0.5, 0.6) is 5.75 Å². The number of phenolic OH excluding ortho intramolecular Hbond substituents is 1. The molecule has 104 valence electrons. The zero-order chi connectivity index (χ0) is 13.9. The van der Waals surface area contributed by atoms with E-state index in [1.165, 1.54) is 12.8 Å². The van der Waals surface area contributed by atoms with Gasteiger partial charge in [0.2, 0.25) is 5.95 Å². The Bertz CT molecular complexity index is 593. The fourth-order valence-electron chi connectivity index (χ4n) is 2.05. The lowest BCUT2D eigenvalue weighted by Crippen LogP contribution is -2.06. The number of hydrogen-bond acceptors (Lipinski definition) is 5. The maximum absolute atomic E-state index is 9.30. The van der Waals surface area contributed by atoms with Gasteiger partial charge in [0.1, 0.15) is 11.6 Å². The molecule has 2 aromatic rings. The lowest BCUT2D eigenvalue weighted by atomic mass is 10.2. The van der Waals surface area contributed by atoms with Crippen LogP contribution in [0, 0.1) is 0 Å². The van der Waals surface area contributed by atoms with Crippen LogP contribution in [0.2, 0.25) is 0 Å². The summed E-state index contributed by atoms with van der Waals surface area (Å²) in [5, 5.41) is 15.7. The highest BCUT2D eigenvalue weighted by atomic mass is 16.3. The van der Waals surface area contributed by atoms with E-state index < -0.39 is 0 Å². The maximum atomic E-state index is 9.30. The summed E-state index contributed by atoms with van der Waals surface area (Å²) in [6, 6.07) is 8.95. The molecule has 0 radical (unpaired) electrons. The summed E-state index contributed by atoms with van der Waals surface area (Å²) in [6.07, 6.45) is 2.42. The van der Waals surface area contributed by atoms with Crippen molar-refractivity contribution < 1.29 is 5.11 Å². The largest absolute Gasteiger partial charge is 0.508 e. The number of anilines is 3. The van der Waals surface area contributed by atoms with Crippen LogP contribution in [-0.2, 0) is 0 Å². The molecule has 1 aromatic carbocycles. The Morgan fingerprint density at radius 3 is 2.60 bits per heavy atom. The standard InChI is InChI=1S/C15H18N4O/c1-2-16-15-18-13(10-3-4-10)9-14(19-15)17-11-5-7-12(20)8-6-11/h5-10,20H,2-4H2,1H3,(H2,16,17,18,19). The van der Waals surface area contributed by atoms with Crippen LogP contribution in [0.3, 0.4) is 0 Å². The first-order valence-electron chi connectivity index (χ1n) is 6.93. The highest BCUT2D eigenvalue weighted by Crippen LogP contribution is 2.40. The predicted molar refractivity (Wildman–Crippen MR) is 79.6 cm³/mol. The predicted octanol–water partition coefficient (Wildman–Crippen LogP) is 3.24. The molecule has 1 aliphatic carbocycles. The van der Waals surface area contributed by atoms with Crippen LogP contribution in [0.25, 0.3) is 0 Å². The zero-order valence-electron chi connectivity index (χ0n) is 11.4. The van der Waals surface area contributed by atoms with Crippen molar-refractivity contribution in [1.29, 1.82) is 0 Å². The van der Waals surface area contributed by atoms with Gasteiger partial charge in [0.25, 0.3) is 0 Å². The third-order valence-electron chi connectivity index (χ3n) is 3.22. The number of phenols is 1. The number of benzene rings is 1. The van der Waals surface area contributed by atoms with Crippen LogP contribution in [0.15, 0.2) is 30.3 Å². The molecule has 1 saturated carbocycles. The number of hydrogen-bond donors (Lipinski definition) is 3. The minimum Gasteiger partial charge on any atom is -0.508 e. The van der Waals surface area contributed by atoms with Gasteiger partial charge in [-0.2, -0.15) is 4.98 Å². The summed E-state index contributed by atoms with van der Waals surface area (Å²) >= 11 is 0. The molecule has 20 heavy (non-hydrogen) atoms. The highest BCUT2D eigenvalue weighted by Gasteiger charge is 2.26. The second-order valence-corrected chi connectivity index (χ2v) is 4.98. The zero-order valence-corrected chi connectivity index (χ0v) is 11.4. The quantitative estimate of drug-likeness (QED) is 0.728. The smallest absolute Gasteiger partial charge is 0.224 e. The molecular weight excluding hydrogens is 252 g/mol. The van der Waals surface area contributed by atoms with Gasteiger partial charge in [-0.05, 0) is 44.0 Å². The van der Waals surface area contributed by atoms with Crippen molar-refractivity contribution in [3.63, 3.8) is 0 Å². The van der Waals surface area contributed by atoms with E-state index in [-0.39, 0.29) is 5.75 Å². The molecule has 0 saturated heterocycles. The minimum atomic E-state index is 0.255. The van der Waals surface area contributed by atoms with Crippen molar-refractivity contribution in [2.75, 3.05) is 17.2 Å². The van der Waals surface area contributed by atoms with Gasteiger partial charge in [0.15, 0.2) is 0 Å². The molecule has 1 aromatic heterocycles. The van der Waals surface area contributed by atoms with Gasteiger partial charge >= 0.3 is 0 Å². The van der Waals surface area contributed by atoms with E-state index in [0.717, 1.165) is 23.7 Å². The molecule has 3 N–H and O–H groups in total. The van der Waals surface area contributed by atoms with E-state index in [1.807, 2.05) is 25.1 Å². The third kappa shape index (κ3) is 2.99. The van der Waals surface area contributed by atoms with Gasteiger partial charge in [0.05, 0.1) is 5.69 Å². The van der Waals surface area contributed by atoms with Crippen molar-refractivity contribution >= 4 is 17.5 Å². The van der Waals surface area contributed by atoms with E-state index in [4.69, 9.17) is 0 Å². The molecule has 3 rings (SSSR count). The van der Waals surface area contributed by atoms with Crippen molar-refractivity contribution in [2.24, 2.45) is 0 Å². The molecule has 1 aliphatic rings. The summed E-state index contributed by atoms with van der Waals surface area (Å²) in [6.45, 7) is 2.83. The summed E-state index contributed by atoms with van der Waals surface area (Å²) in [7, 11) is 0. The van der Waals surface area contributed by atoms with Gasteiger partial charge in [-0.25, -0.2) is 4.98 Å². The fourth-order valence-corrected chi connectivity index (χ4v) is 2.05. The monoisotopic (exact) mass is 270 g/mol. The van der Waals surface area contributed by atoms with E-state index >= 15 is 0 Å². The number of rotatable bonds is 5.